The number of furan rings is 1. The van der Waals surface area contributed by atoms with Crippen molar-refractivity contribution in [3.8, 4) is 0 Å². The predicted octanol–water partition coefficient (Wildman–Crippen LogP) is 3.07. The first-order valence-electron chi connectivity index (χ1n) is 5.07. The van der Waals surface area contributed by atoms with E-state index in [1.807, 2.05) is 12.1 Å². The Balaban J connectivity index is 1.98. The van der Waals surface area contributed by atoms with Crippen LogP contribution >= 0.6 is 15.9 Å². The van der Waals surface area contributed by atoms with Gasteiger partial charge in [-0.05, 0) is 40.9 Å². The molecule has 0 aromatic carbocycles. The molecule has 0 spiro atoms. The highest BCUT2D eigenvalue weighted by molar-refractivity contribution is 9.10. The third kappa shape index (κ3) is 2.39. The summed E-state index contributed by atoms with van der Waals surface area (Å²) in [4.78, 5) is 0. The standard InChI is InChI=1S/C11H16BrNO/c1-11(2,7-13-8-3-4-8)9-5-6-10(12)14-9/h5-6,8,13H,3-4,7H2,1-2H3. The number of nitrogens with one attached hydrogen (secondary N) is 1. The number of hydrogen-bond donors (Lipinski definition) is 1. The Morgan fingerprint density at radius 1 is 1.50 bits per heavy atom. The van der Waals surface area contributed by atoms with Gasteiger partial charge < -0.3 is 9.73 Å². The van der Waals surface area contributed by atoms with Gasteiger partial charge in [-0.3, -0.25) is 0 Å². The SMILES string of the molecule is CC(C)(CNC1CC1)c1ccc(Br)o1. The summed E-state index contributed by atoms with van der Waals surface area (Å²) in [5.74, 6) is 1.04. The first-order valence-corrected chi connectivity index (χ1v) is 5.86. The Morgan fingerprint density at radius 3 is 2.71 bits per heavy atom. The molecule has 0 bridgehead atoms. The molecular weight excluding hydrogens is 242 g/mol. The van der Waals surface area contributed by atoms with E-state index in [0.717, 1.165) is 23.0 Å². The Labute approximate surface area is 93.2 Å². The molecule has 3 heteroatoms. The van der Waals surface area contributed by atoms with E-state index in [-0.39, 0.29) is 5.41 Å². The van der Waals surface area contributed by atoms with E-state index in [9.17, 15) is 0 Å². The van der Waals surface area contributed by atoms with Gasteiger partial charge in [-0.15, -0.1) is 0 Å². The molecule has 1 N–H and O–H groups in total. The van der Waals surface area contributed by atoms with E-state index in [1.54, 1.807) is 0 Å². The molecule has 2 rings (SSSR count). The lowest BCUT2D eigenvalue weighted by Crippen LogP contribution is -2.33. The third-order valence-electron chi connectivity index (χ3n) is 2.65. The topological polar surface area (TPSA) is 25.2 Å². The van der Waals surface area contributed by atoms with Gasteiger partial charge in [0.1, 0.15) is 5.76 Å². The zero-order chi connectivity index (χ0) is 10.2. The van der Waals surface area contributed by atoms with Crippen molar-refractivity contribution in [1.82, 2.24) is 5.32 Å². The summed E-state index contributed by atoms with van der Waals surface area (Å²) in [5.41, 5.74) is 0.0780. The van der Waals surface area contributed by atoms with Crippen LogP contribution < -0.4 is 5.32 Å². The minimum Gasteiger partial charge on any atom is -0.454 e. The summed E-state index contributed by atoms with van der Waals surface area (Å²) in [6.45, 7) is 5.39. The molecule has 1 aromatic heterocycles. The second-order valence-corrected chi connectivity index (χ2v) is 5.42. The van der Waals surface area contributed by atoms with Gasteiger partial charge in [-0.2, -0.15) is 0 Å². The Bertz CT molecular complexity index is 315. The smallest absolute Gasteiger partial charge is 0.169 e. The molecule has 0 saturated heterocycles. The highest BCUT2D eigenvalue weighted by Gasteiger charge is 2.28. The predicted molar refractivity (Wildman–Crippen MR) is 60.5 cm³/mol. The maximum absolute atomic E-state index is 5.58. The average Bonchev–Trinajstić information content (AvgIpc) is 2.85. The minimum absolute atomic E-state index is 0.0780. The van der Waals surface area contributed by atoms with E-state index in [1.165, 1.54) is 12.8 Å². The van der Waals surface area contributed by atoms with Gasteiger partial charge in [0.05, 0.1) is 0 Å². The summed E-state index contributed by atoms with van der Waals surface area (Å²) >= 11 is 3.33. The lowest BCUT2D eigenvalue weighted by Gasteiger charge is -2.22. The average molecular weight is 258 g/mol. The van der Waals surface area contributed by atoms with Crippen molar-refractivity contribution in [2.24, 2.45) is 0 Å². The fourth-order valence-electron chi connectivity index (χ4n) is 1.45. The monoisotopic (exact) mass is 257 g/mol. The fraction of sp³-hybridized carbons (Fsp3) is 0.636. The van der Waals surface area contributed by atoms with Crippen LogP contribution in [-0.4, -0.2) is 12.6 Å². The van der Waals surface area contributed by atoms with Crippen molar-refractivity contribution in [3.63, 3.8) is 0 Å². The Morgan fingerprint density at radius 2 is 2.21 bits per heavy atom. The van der Waals surface area contributed by atoms with Crippen molar-refractivity contribution in [2.75, 3.05) is 6.54 Å². The van der Waals surface area contributed by atoms with Crippen LogP contribution in [0.4, 0.5) is 0 Å². The fourth-order valence-corrected chi connectivity index (χ4v) is 1.76. The van der Waals surface area contributed by atoms with E-state index < -0.39 is 0 Å². The van der Waals surface area contributed by atoms with E-state index in [2.05, 4.69) is 35.1 Å². The van der Waals surface area contributed by atoms with Gasteiger partial charge >= 0.3 is 0 Å². The van der Waals surface area contributed by atoms with Gasteiger partial charge in [-0.25, -0.2) is 0 Å². The molecule has 78 valence electrons. The summed E-state index contributed by atoms with van der Waals surface area (Å²) in [6.07, 6.45) is 2.66. The zero-order valence-electron chi connectivity index (χ0n) is 8.64. The summed E-state index contributed by atoms with van der Waals surface area (Å²) in [5, 5.41) is 3.53. The lowest BCUT2D eigenvalue weighted by atomic mass is 9.90. The third-order valence-corrected chi connectivity index (χ3v) is 3.08. The van der Waals surface area contributed by atoms with Gasteiger partial charge in [0.25, 0.3) is 0 Å². The first kappa shape index (κ1) is 10.2. The zero-order valence-corrected chi connectivity index (χ0v) is 10.2. The van der Waals surface area contributed by atoms with Gasteiger partial charge in [0.15, 0.2) is 4.67 Å². The Hall–Kier alpha value is -0.280. The molecule has 1 heterocycles. The molecule has 2 nitrogen and oxygen atoms in total. The molecule has 1 aromatic rings. The molecule has 0 atom stereocenters. The molecule has 1 aliphatic rings. The Kier molecular flexibility index (Phi) is 2.71. The highest BCUT2D eigenvalue weighted by Crippen LogP contribution is 2.28. The van der Waals surface area contributed by atoms with Crippen molar-refractivity contribution in [2.45, 2.75) is 38.1 Å². The largest absolute Gasteiger partial charge is 0.454 e. The molecule has 0 aliphatic heterocycles. The van der Waals surface area contributed by atoms with Crippen LogP contribution in [-0.2, 0) is 5.41 Å². The van der Waals surface area contributed by atoms with Gasteiger partial charge in [-0.1, -0.05) is 13.8 Å². The second kappa shape index (κ2) is 3.70. The molecule has 0 unspecified atom stereocenters. The molecule has 1 aliphatic carbocycles. The van der Waals surface area contributed by atoms with Crippen LogP contribution in [0.2, 0.25) is 0 Å². The van der Waals surface area contributed by atoms with Crippen molar-refractivity contribution < 1.29 is 4.42 Å². The van der Waals surface area contributed by atoms with Crippen LogP contribution in [0, 0.1) is 0 Å². The van der Waals surface area contributed by atoms with Crippen LogP contribution in [0.25, 0.3) is 0 Å². The summed E-state index contributed by atoms with van der Waals surface area (Å²) in [7, 11) is 0. The van der Waals surface area contributed by atoms with E-state index in [0.29, 0.717) is 0 Å². The van der Waals surface area contributed by atoms with Gasteiger partial charge in [0.2, 0.25) is 0 Å². The number of halogens is 1. The maximum atomic E-state index is 5.58. The molecular formula is C11H16BrNO. The molecule has 1 fully saturated rings. The minimum atomic E-state index is 0.0780. The lowest BCUT2D eigenvalue weighted by molar-refractivity contribution is 0.357. The van der Waals surface area contributed by atoms with Gasteiger partial charge in [0, 0.05) is 18.0 Å². The van der Waals surface area contributed by atoms with Crippen molar-refractivity contribution >= 4 is 15.9 Å². The maximum Gasteiger partial charge on any atom is 0.169 e. The number of hydrogen-bond acceptors (Lipinski definition) is 2. The van der Waals surface area contributed by atoms with Crippen LogP contribution in [0.3, 0.4) is 0 Å². The highest BCUT2D eigenvalue weighted by atomic mass is 79.9. The normalized spacial score (nSPS) is 17.4. The molecule has 1 saturated carbocycles. The van der Waals surface area contributed by atoms with Crippen LogP contribution in [0.15, 0.2) is 21.2 Å². The second-order valence-electron chi connectivity index (χ2n) is 4.64. The molecule has 14 heavy (non-hydrogen) atoms. The van der Waals surface area contributed by atoms with Crippen LogP contribution in [0.5, 0.6) is 0 Å². The molecule has 0 radical (unpaired) electrons. The van der Waals surface area contributed by atoms with E-state index >= 15 is 0 Å². The summed E-state index contributed by atoms with van der Waals surface area (Å²) < 4.78 is 6.39. The van der Waals surface area contributed by atoms with Crippen molar-refractivity contribution in [3.05, 3.63) is 22.6 Å². The first-order chi connectivity index (χ1) is 6.58. The summed E-state index contributed by atoms with van der Waals surface area (Å²) in [6, 6.07) is 4.75. The van der Waals surface area contributed by atoms with Crippen LogP contribution in [0.1, 0.15) is 32.4 Å². The quantitative estimate of drug-likeness (QED) is 0.897. The van der Waals surface area contributed by atoms with Crippen molar-refractivity contribution in [1.29, 1.82) is 0 Å². The number of rotatable bonds is 4. The van der Waals surface area contributed by atoms with E-state index in [4.69, 9.17) is 4.42 Å². The molecule has 0 amide bonds.